The van der Waals surface area contributed by atoms with E-state index in [9.17, 15) is 5.26 Å². The van der Waals surface area contributed by atoms with E-state index in [0.717, 1.165) is 11.1 Å². The fraction of sp³-hybridized carbons (Fsp3) is 0. The Balaban J connectivity index is 1.49. The minimum Gasteiger partial charge on any atom is -0.224 e. The molecule has 0 saturated heterocycles. The summed E-state index contributed by atoms with van der Waals surface area (Å²) in [5, 5.41) is 9.24. The molecule has 6 aromatic rings. The summed E-state index contributed by atoms with van der Waals surface area (Å²) >= 11 is 0. The molecule has 9 nitrogen and oxygen atoms in total. The molecule has 0 aliphatic rings. The lowest BCUT2D eigenvalue weighted by Gasteiger charge is -2.07. The van der Waals surface area contributed by atoms with Crippen molar-refractivity contribution in [3.63, 3.8) is 0 Å². The molecule has 0 spiro atoms. The van der Waals surface area contributed by atoms with Crippen molar-refractivity contribution in [1.82, 2.24) is 39.9 Å². The molecule has 0 aliphatic heterocycles. The molecule has 4 aromatic heterocycles. The first-order chi connectivity index (χ1) is 17.6. The van der Waals surface area contributed by atoms with Crippen molar-refractivity contribution in [1.29, 1.82) is 5.26 Å². The van der Waals surface area contributed by atoms with Gasteiger partial charge in [-0.1, -0.05) is 12.1 Å². The molecule has 2 aromatic carbocycles. The van der Waals surface area contributed by atoms with Gasteiger partial charge in [-0.3, -0.25) is 0 Å². The number of nitriles is 1. The lowest BCUT2D eigenvalue weighted by atomic mass is 10.0. The van der Waals surface area contributed by atoms with E-state index in [4.69, 9.17) is 19.3 Å². The summed E-state index contributed by atoms with van der Waals surface area (Å²) in [6, 6.07) is 13.2. The van der Waals surface area contributed by atoms with Gasteiger partial charge < -0.3 is 0 Å². The molecule has 0 fully saturated rings. The van der Waals surface area contributed by atoms with E-state index >= 15 is 0 Å². The van der Waals surface area contributed by atoms with Crippen LogP contribution in [-0.2, 0) is 0 Å². The summed E-state index contributed by atoms with van der Waals surface area (Å²) in [5.74, 6) is 7.22. The molecule has 0 aliphatic carbocycles. The molecular formula is C27H9N9. The van der Waals surface area contributed by atoms with E-state index in [-0.39, 0.29) is 34.1 Å². The maximum Gasteiger partial charge on any atom is 0.199 e. The van der Waals surface area contributed by atoms with Crippen LogP contribution in [0.2, 0.25) is 0 Å². The lowest BCUT2D eigenvalue weighted by Crippen LogP contribution is -2.00. The zero-order chi connectivity index (χ0) is 24.8. The largest absolute Gasteiger partial charge is 0.224 e. The standard InChI is InChI=1S/C27H9N9/c1-4-16-17(5-2)30-25-24(29-16)32-19-9-7-14(11-21(19)34-25)15-8-10-20-22(12-15)35-26-27(33-20)36-23(13-28)18(6-3)31-26/h1-3,7-12H. The van der Waals surface area contributed by atoms with Gasteiger partial charge in [-0.25, -0.2) is 39.9 Å². The minimum atomic E-state index is 0.0367. The average molecular weight is 459 g/mol. The fourth-order valence-electron chi connectivity index (χ4n) is 3.75. The Morgan fingerprint density at radius 2 is 0.833 bits per heavy atom. The van der Waals surface area contributed by atoms with Gasteiger partial charge in [-0.15, -0.1) is 19.3 Å². The van der Waals surface area contributed by atoms with E-state index in [1.807, 2.05) is 42.5 Å². The number of aromatic nitrogens is 8. The summed E-state index contributed by atoms with van der Waals surface area (Å²) < 4.78 is 0. The Morgan fingerprint density at radius 3 is 1.22 bits per heavy atom. The van der Waals surface area contributed by atoms with Gasteiger partial charge in [0.15, 0.2) is 34.0 Å². The molecule has 0 N–H and O–H groups in total. The van der Waals surface area contributed by atoms with Crippen LogP contribution in [0, 0.1) is 48.4 Å². The first-order valence-electron chi connectivity index (χ1n) is 10.4. The highest BCUT2D eigenvalue weighted by atomic mass is 15.0. The second-order valence-electron chi connectivity index (χ2n) is 7.54. The Labute approximate surface area is 203 Å². The summed E-state index contributed by atoms with van der Waals surface area (Å²) in [6.45, 7) is 0. The zero-order valence-corrected chi connectivity index (χ0v) is 18.2. The monoisotopic (exact) mass is 459 g/mol. The third-order valence-corrected chi connectivity index (χ3v) is 5.43. The van der Waals surface area contributed by atoms with Crippen LogP contribution in [0.4, 0.5) is 0 Å². The first kappa shape index (κ1) is 20.6. The van der Waals surface area contributed by atoms with Gasteiger partial charge in [0, 0.05) is 0 Å². The Hall–Kier alpha value is -6.03. The summed E-state index contributed by atoms with van der Waals surface area (Å²) in [6.07, 6.45) is 16.4. The van der Waals surface area contributed by atoms with Crippen LogP contribution in [0.1, 0.15) is 22.8 Å². The summed E-state index contributed by atoms with van der Waals surface area (Å²) in [5.41, 5.74) is 5.99. The minimum absolute atomic E-state index is 0.0367. The highest BCUT2D eigenvalue weighted by Gasteiger charge is 2.13. The Morgan fingerprint density at radius 1 is 0.472 bits per heavy atom. The van der Waals surface area contributed by atoms with Gasteiger partial charge in [-0.2, -0.15) is 5.26 Å². The molecule has 0 amide bonds. The predicted octanol–water partition coefficient (Wildman–Crippen LogP) is 2.94. The molecule has 9 heteroatoms. The van der Waals surface area contributed by atoms with Gasteiger partial charge in [0.25, 0.3) is 0 Å². The van der Waals surface area contributed by atoms with Crippen LogP contribution in [0.5, 0.6) is 0 Å². The number of rotatable bonds is 1. The van der Waals surface area contributed by atoms with Crippen molar-refractivity contribution in [3.8, 4) is 54.2 Å². The number of hydrogen-bond acceptors (Lipinski definition) is 9. The quantitative estimate of drug-likeness (QED) is 0.269. The van der Waals surface area contributed by atoms with Crippen molar-refractivity contribution in [2.75, 3.05) is 0 Å². The first-order valence-corrected chi connectivity index (χ1v) is 10.4. The maximum absolute atomic E-state index is 9.24. The molecule has 6 rings (SSSR count). The SMILES string of the molecule is C#Cc1nc2nc3ccc(-c4ccc5nc6nc(C#N)c(C#C)nc6nc5c4)cc3nc2nc1C#C. The van der Waals surface area contributed by atoms with E-state index in [1.165, 1.54) is 0 Å². The molecule has 4 heterocycles. The fourth-order valence-corrected chi connectivity index (χ4v) is 3.75. The topological polar surface area (TPSA) is 127 Å². The normalized spacial score (nSPS) is 10.7. The van der Waals surface area contributed by atoms with Crippen molar-refractivity contribution < 1.29 is 0 Å². The maximum atomic E-state index is 9.24. The van der Waals surface area contributed by atoms with Crippen molar-refractivity contribution in [3.05, 3.63) is 59.2 Å². The van der Waals surface area contributed by atoms with Crippen LogP contribution >= 0.6 is 0 Å². The Kier molecular flexibility index (Phi) is 4.45. The second kappa shape index (κ2) is 7.78. The van der Waals surface area contributed by atoms with Gasteiger partial charge in [0.1, 0.15) is 17.5 Å². The second-order valence-corrected chi connectivity index (χ2v) is 7.54. The van der Waals surface area contributed by atoms with E-state index < -0.39 is 0 Å². The Bertz CT molecular complexity index is 1950. The summed E-state index contributed by atoms with van der Waals surface area (Å²) in [7, 11) is 0. The number of benzene rings is 2. The molecule has 36 heavy (non-hydrogen) atoms. The highest BCUT2D eigenvalue weighted by molar-refractivity contribution is 5.90. The smallest absolute Gasteiger partial charge is 0.199 e. The van der Waals surface area contributed by atoms with Crippen molar-refractivity contribution >= 4 is 44.7 Å². The number of hydrogen-bond donors (Lipinski definition) is 0. The third kappa shape index (κ3) is 3.18. The van der Waals surface area contributed by atoms with Crippen LogP contribution < -0.4 is 0 Å². The third-order valence-electron chi connectivity index (χ3n) is 5.43. The molecule has 0 bridgehead atoms. The van der Waals surface area contributed by atoms with Gasteiger partial charge >= 0.3 is 0 Å². The number of nitrogens with zero attached hydrogens (tertiary/aromatic N) is 9. The van der Waals surface area contributed by atoms with E-state index in [2.05, 4.69) is 57.6 Å². The summed E-state index contributed by atoms with van der Waals surface area (Å²) in [4.78, 5) is 35.3. The molecule has 162 valence electrons. The van der Waals surface area contributed by atoms with Gasteiger partial charge in [0.05, 0.1) is 22.1 Å². The van der Waals surface area contributed by atoms with Crippen molar-refractivity contribution in [2.24, 2.45) is 0 Å². The lowest BCUT2D eigenvalue weighted by molar-refractivity contribution is 1.15. The molecule has 0 saturated carbocycles. The van der Waals surface area contributed by atoms with Gasteiger partial charge in [-0.05, 0) is 53.2 Å². The van der Waals surface area contributed by atoms with E-state index in [1.54, 1.807) is 0 Å². The van der Waals surface area contributed by atoms with Crippen LogP contribution in [0.25, 0.3) is 55.8 Å². The van der Waals surface area contributed by atoms with Crippen LogP contribution in [-0.4, -0.2) is 39.9 Å². The molecular weight excluding hydrogens is 450 g/mol. The molecule has 0 unspecified atom stereocenters. The molecule has 0 atom stereocenters. The van der Waals surface area contributed by atoms with Crippen LogP contribution in [0.15, 0.2) is 36.4 Å². The van der Waals surface area contributed by atoms with Gasteiger partial charge in [0.2, 0.25) is 0 Å². The van der Waals surface area contributed by atoms with E-state index in [0.29, 0.717) is 33.4 Å². The molecule has 0 radical (unpaired) electrons. The average Bonchev–Trinajstić information content (AvgIpc) is 2.92. The predicted molar refractivity (Wildman–Crippen MR) is 133 cm³/mol. The zero-order valence-electron chi connectivity index (χ0n) is 18.2. The number of fused-ring (bicyclic) bond motifs is 4. The van der Waals surface area contributed by atoms with Crippen LogP contribution in [0.3, 0.4) is 0 Å². The highest BCUT2D eigenvalue weighted by Crippen LogP contribution is 2.27. The number of terminal acetylenes is 3. The van der Waals surface area contributed by atoms with Crippen molar-refractivity contribution in [2.45, 2.75) is 0 Å².